The van der Waals surface area contributed by atoms with Gasteiger partial charge in [0, 0.05) is 21.7 Å². The van der Waals surface area contributed by atoms with E-state index in [2.05, 4.69) is 18.3 Å². The number of carbonyl (C=O) groups is 1. The lowest BCUT2D eigenvalue weighted by atomic mass is 9.58. The van der Waals surface area contributed by atoms with Crippen LogP contribution in [0.3, 0.4) is 0 Å². The van der Waals surface area contributed by atoms with E-state index in [1.54, 1.807) is 12.1 Å². The highest BCUT2D eigenvalue weighted by Gasteiger charge is 2.58. The zero-order valence-electron chi connectivity index (χ0n) is 20.6. The summed E-state index contributed by atoms with van der Waals surface area (Å²) in [7, 11) is 1.95. The average molecular weight is 525 g/mol. The third kappa shape index (κ3) is 4.67. The number of hydrogen-bond donors (Lipinski definition) is 1. The summed E-state index contributed by atoms with van der Waals surface area (Å²) in [5.74, 6) is 0.359. The summed E-state index contributed by atoms with van der Waals surface area (Å²) in [6.45, 7) is 2.89. The van der Waals surface area contributed by atoms with Crippen molar-refractivity contribution in [3.63, 3.8) is 0 Å². The Balaban J connectivity index is 1.69. The number of amides is 1. The third-order valence-corrected chi connectivity index (χ3v) is 8.66. The van der Waals surface area contributed by atoms with Crippen molar-refractivity contribution in [2.75, 3.05) is 18.5 Å². The smallest absolute Gasteiger partial charge is 0.234 e. The average Bonchev–Trinajstić information content (AvgIpc) is 3.70. The molecule has 0 spiro atoms. The Morgan fingerprint density at radius 2 is 1.69 bits per heavy atom. The van der Waals surface area contributed by atoms with Crippen LogP contribution in [0.15, 0.2) is 72.8 Å². The molecule has 3 aromatic rings. The maximum Gasteiger partial charge on any atom is 0.234 e. The van der Waals surface area contributed by atoms with E-state index in [1.165, 1.54) is 12.1 Å². The zero-order chi connectivity index (χ0) is 25.4. The molecule has 5 rings (SSSR count). The molecule has 0 radical (unpaired) electrons. The number of anilines is 1. The van der Waals surface area contributed by atoms with Gasteiger partial charge in [-0.2, -0.15) is 0 Å². The van der Waals surface area contributed by atoms with Crippen LogP contribution >= 0.6 is 23.2 Å². The molecule has 1 saturated heterocycles. The summed E-state index contributed by atoms with van der Waals surface area (Å²) < 4.78 is 13.9. The lowest BCUT2D eigenvalue weighted by Crippen LogP contribution is -2.57. The Labute approximate surface area is 222 Å². The minimum absolute atomic E-state index is 0.0416. The van der Waals surface area contributed by atoms with Crippen LogP contribution < -0.4 is 10.2 Å². The molecule has 2 fully saturated rings. The minimum atomic E-state index is -0.674. The molecule has 1 heterocycles. The summed E-state index contributed by atoms with van der Waals surface area (Å²) in [5, 5.41) is 4.68. The molecule has 1 saturated carbocycles. The van der Waals surface area contributed by atoms with E-state index in [9.17, 15) is 9.18 Å². The molecule has 1 aliphatic carbocycles. The number of carbonyl (C=O) groups excluding carboxylic acids is 1. The van der Waals surface area contributed by atoms with E-state index >= 15 is 0 Å². The number of halogens is 3. The number of benzene rings is 3. The second-order valence-corrected chi connectivity index (χ2v) is 11.2. The van der Waals surface area contributed by atoms with E-state index in [4.69, 9.17) is 23.2 Å². The molecular weight excluding hydrogens is 494 g/mol. The Hall–Kier alpha value is -2.40. The van der Waals surface area contributed by atoms with Crippen LogP contribution in [0, 0.1) is 23.1 Å². The molecule has 1 amide bonds. The quantitative estimate of drug-likeness (QED) is 0.344. The van der Waals surface area contributed by atoms with Crippen molar-refractivity contribution in [2.45, 2.75) is 38.1 Å². The van der Waals surface area contributed by atoms with Gasteiger partial charge in [-0.05, 0) is 111 Å². The van der Waals surface area contributed by atoms with Gasteiger partial charge in [-0.15, -0.1) is 0 Å². The zero-order valence-corrected chi connectivity index (χ0v) is 22.1. The van der Waals surface area contributed by atoms with Gasteiger partial charge in [0.05, 0.1) is 11.5 Å². The van der Waals surface area contributed by atoms with Gasteiger partial charge in [0.2, 0.25) is 5.91 Å². The van der Waals surface area contributed by atoms with Gasteiger partial charge in [0.15, 0.2) is 0 Å². The molecule has 188 valence electrons. The highest BCUT2D eigenvalue weighted by Crippen LogP contribution is 2.59. The van der Waals surface area contributed by atoms with E-state index in [1.807, 2.05) is 54.4 Å². The van der Waals surface area contributed by atoms with Gasteiger partial charge in [0.25, 0.3) is 0 Å². The first-order valence-electron chi connectivity index (χ1n) is 12.6. The van der Waals surface area contributed by atoms with Gasteiger partial charge < -0.3 is 10.2 Å². The Kier molecular flexibility index (Phi) is 7.13. The van der Waals surface area contributed by atoms with Crippen molar-refractivity contribution in [1.82, 2.24) is 5.32 Å². The van der Waals surface area contributed by atoms with Gasteiger partial charge in [0.1, 0.15) is 5.82 Å². The van der Waals surface area contributed by atoms with Crippen molar-refractivity contribution in [2.24, 2.45) is 17.3 Å². The molecule has 3 unspecified atom stereocenters. The minimum Gasteiger partial charge on any atom is -0.319 e. The molecule has 36 heavy (non-hydrogen) atoms. The molecule has 0 bridgehead atoms. The van der Waals surface area contributed by atoms with Crippen LogP contribution in [0.1, 0.15) is 49.3 Å². The van der Waals surface area contributed by atoms with Crippen molar-refractivity contribution in [3.05, 3.63) is 99.8 Å². The fraction of sp³-hybridized carbons (Fsp3) is 0.367. The first kappa shape index (κ1) is 25.3. The van der Waals surface area contributed by atoms with E-state index < -0.39 is 5.41 Å². The largest absolute Gasteiger partial charge is 0.319 e. The van der Waals surface area contributed by atoms with Gasteiger partial charge in [-0.25, -0.2) is 4.39 Å². The summed E-state index contributed by atoms with van der Waals surface area (Å²) in [4.78, 5) is 16.7. The van der Waals surface area contributed by atoms with Crippen LogP contribution in [-0.2, 0) is 4.79 Å². The van der Waals surface area contributed by atoms with Crippen LogP contribution in [-0.4, -0.2) is 19.5 Å². The number of nitrogens with zero attached hydrogens (tertiary/aromatic N) is 1. The summed E-state index contributed by atoms with van der Waals surface area (Å²) >= 11 is 12.7. The maximum atomic E-state index is 14.8. The molecule has 1 N–H and O–H groups in total. The normalized spacial score (nSPS) is 25.1. The predicted molar refractivity (Wildman–Crippen MR) is 145 cm³/mol. The lowest BCUT2D eigenvalue weighted by molar-refractivity contribution is -0.136. The summed E-state index contributed by atoms with van der Waals surface area (Å²) in [5.41, 5.74) is 2.11. The topological polar surface area (TPSA) is 32.3 Å². The molecule has 4 atom stereocenters. The SMILES string of the molecule is CNC[C@@H](C1CC1)C1(C)C(=O)N(c2ccc(F)cc2)C(c2ccc(Cl)cc2)CC1c1cccc(Cl)c1. The summed E-state index contributed by atoms with van der Waals surface area (Å²) in [6.07, 6.45) is 2.98. The molecular formula is C30H31Cl2FN2O. The standard InChI is InChI=1S/C30H31Cl2FN2O/c1-30(27(18-34-2)19-6-7-19)26(21-4-3-5-23(32)16-21)17-28(20-8-10-22(31)11-9-20)35(29(30)36)25-14-12-24(33)13-15-25/h3-5,8-16,19,26-28,34H,6-7,17-18H2,1-2H3/t26?,27-,28?,30?/m0/s1. The fourth-order valence-corrected chi connectivity index (χ4v) is 6.53. The Morgan fingerprint density at radius 1 is 1.00 bits per heavy atom. The van der Waals surface area contributed by atoms with Gasteiger partial charge in [-0.1, -0.05) is 47.5 Å². The predicted octanol–water partition coefficient (Wildman–Crippen LogP) is 7.65. The van der Waals surface area contributed by atoms with Crippen LogP contribution in [0.5, 0.6) is 0 Å². The summed E-state index contributed by atoms with van der Waals surface area (Å²) in [6, 6.07) is 21.7. The third-order valence-electron chi connectivity index (χ3n) is 8.17. The lowest BCUT2D eigenvalue weighted by Gasteiger charge is -2.53. The van der Waals surface area contributed by atoms with Crippen molar-refractivity contribution in [3.8, 4) is 0 Å². The van der Waals surface area contributed by atoms with Crippen molar-refractivity contribution < 1.29 is 9.18 Å². The second-order valence-electron chi connectivity index (χ2n) is 10.3. The number of rotatable bonds is 7. The fourth-order valence-electron chi connectivity index (χ4n) is 6.20. The first-order chi connectivity index (χ1) is 17.3. The highest BCUT2D eigenvalue weighted by atomic mass is 35.5. The highest BCUT2D eigenvalue weighted by molar-refractivity contribution is 6.30. The molecule has 2 aliphatic rings. The van der Waals surface area contributed by atoms with Crippen molar-refractivity contribution >= 4 is 34.8 Å². The van der Waals surface area contributed by atoms with E-state index in [0.29, 0.717) is 28.1 Å². The van der Waals surface area contributed by atoms with Crippen LogP contribution in [0.4, 0.5) is 10.1 Å². The number of hydrogen-bond acceptors (Lipinski definition) is 2. The van der Waals surface area contributed by atoms with E-state index in [-0.39, 0.29) is 29.6 Å². The Morgan fingerprint density at radius 3 is 2.31 bits per heavy atom. The number of nitrogens with one attached hydrogen (secondary N) is 1. The van der Waals surface area contributed by atoms with Crippen LogP contribution in [0.2, 0.25) is 10.0 Å². The molecule has 0 aromatic heterocycles. The Bertz CT molecular complexity index is 1230. The molecule has 3 nitrogen and oxygen atoms in total. The molecule has 3 aromatic carbocycles. The van der Waals surface area contributed by atoms with Gasteiger partial charge >= 0.3 is 0 Å². The van der Waals surface area contributed by atoms with Crippen molar-refractivity contribution in [1.29, 1.82) is 0 Å². The molecule has 6 heteroatoms. The number of piperidine rings is 1. The van der Waals surface area contributed by atoms with Crippen LogP contribution in [0.25, 0.3) is 0 Å². The van der Waals surface area contributed by atoms with E-state index in [0.717, 1.165) is 30.5 Å². The second kappa shape index (κ2) is 10.2. The monoisotopic (exact) mass is 524 g/mol. The first-order valence-corrected chi connectivity index (χ1v) is 13.3. The van der Waals surface area contributed by atoms with Gasteiger partial charge in [-0.3, -0.25) is 4.79 Å². The molecule has 1 aliphatic heterocycles. The maximum absolute atomic E-state index is 14.8.